The van der Waals surface area contributed by atoms with Gasteiger partial charge in [-0.3, -0.25) is 0 Å². The summed E-state index contributed by atoms with van der Waals surface area (Å²) in [5.41, 5.74) is 1.08. The van der Waals surface area contributed by atoms with Gasteiger partial charge in [-0.05, 0) is 24.6 Å². The number of sulfone groups is 1. The van der Waals surface area contributed by atoms with Crippen LogP contribution >= 0.6 is 11.6 Å². The van der Waals surface area contributed by atoms with E-state index in [0.29, 0.717) is 30.5 Å². The molecule has 0 fully saturated rings. The molecule has 1 aromatic rings. The molecule has 0 heterocycles. The predicted octanol–water partition coefficient (Wildman–Crippen LogP) is 1.66. The van der Waals surface area contributed by atoms with Gasteiger partial charge >= 0.3 is 0 Å². The molecule has 1 N–H and O–H groups in total. The van der Waals surface area contributed by atoms with Gasteiger partial charge in [-0.25, -0.2) is 8.42 Å². The largest absolute Gasteiger partial charge is 0.491 e. The number of aryl methyl sites for hydroxylation is 1. The van der Waals surface area contributed by atoms with Gasteiger partial charge < -0.3 is 10.1 Å². The first-order valence-electron chi connectivity index (χ1n) is 5.66. The summed E-state index contributed by atoms with van der Waals surface area (Å²) in [6.45, 7) is 3.43. The molecular weight excluding hydrogens is 274 g/mol. The average molecular weight is 292 g/mol. The van der Waals surface area contributed by atoms with Crippen LogP contribution in [-0.2, 0) is 9.84 Å². The normalized spacial score (nSPS) is 11.5. The molecule has 0 amide bonds. The van der Waals surface area contributed by atoms with Gasteiger partial charge in [-0.15, -0.1) is 0 Å². The molecule has 0 atom stereocenters. The minimum absolute atomic E-state index is 0.137. The summed E-state index contributed by atoms with van der Waals surface area (Å²) < 4.78 is 27.3. The Morgan fingerprint density at radius 2 is 2.06 bits per heavy atom. The van der Waals surface area contributed by atoms with Crippen molar-refractivity contribution in [1.82, 2.24) is 5.32 Å². The summed E-state index contributed by atoms with van der Waals surface area (Å²) in [5, 5.41) is 3.58. The second-order valence-electron chi connectivity index (χ2n) is 4.16. The van der Waals surface area contributed by atoms with E-state index in [2.05, 4.69) is 5.32 Å². The minimum Gasteiger partial charge on any atom is -0.491 e. The lowest BCUT2D eigenvalue weighted by Crippen LogP contribution is -2.26. The van der Waals surface area contributed by atoms with Crippen LogP contribution in [0.15, 0.2) is 18.2 Å². The van der Waals surface area contributed by atoms with Gasteiger partial charge in [-0.1, -0.05) is 17.7 Å². The zero-order valence-corrected chi connectivity index (χ0v) is 12.1. The maximum atomic E-state index is 10.9. The third kappa shape index (κ3) is 6.23. The van der Waals surface area contributed by atoms with Gasteiger partial charge in [0.15, 0.2) is 0 Å². The first-order valence-corrected chi connectivity index (χ1v) is 8.10. The molecule has 1 aromatic carbocycles. The monoisotopic (exact) mass is 291 g/mol. The number of rotatable bonds is 7. The number of nitrogens with one attached hydrogen (secondary N) is 1. The Kier molecular flexibility index (Phi) is 5.91. The summed E-state index contributed by atoms with van der Waals surface area (Å²) >= 11 is 5.97. The minimum atomic E-state index is -2.90. The van der Waals surface area contributed by atoms with Crippen LogP contribution < -0.4 is 10.1 Å². The fraction of sp³-hybridized carbons (Fsp3) is 0.500. The predicted molar refractivity (Wildman–Crippen MR) is 74.3 cm³/mol. The molecule has 0 radical (unpaired) electrons. The lowest BCUT2D eigenvalue weighted by atomic mass is 10.2. The van der Waals surface area contributed by atoms with Crippen molar-refractivity contribution in [2.45, 2.75) is 6.92 Å². The van der Waals surface area contributed by atoms with E-state index in [4.69, 9.17) is 16.3 Å². The fourth-order valence-corrected chi connectivity index (χ4v) is 2.02. The Hall–Kier alpha value is -0.780. The molecule has 0 saturated carbocycles. The summed E-state index contributed by atoms with van der Waals surface area (Å²) in [6, 6.07) is 5.59. The van der Waals surface area contributed by atoms with Crippen molar-refractivity contribution in [3.8, 4) is 5.75 Å². The highest BCUT2D eigenvalue weighted by Crippen LogP contribution is 2.24. The molecule has 102 valence electrons. The standard InChI is InChI=1S/C12H18ClNO3S/c1-10-3-4-11(13)12(9-10)17-7-5-14-6-8-18(2,15)16/h3-4,9,14H,5-8H2,1-2H3. The zero-order chi connectivity index (χ0) is 13.6. The van der Waals surface area contributed by atoms with Gasteiger partial charge in [0.25, 0.3) is 0 Å². The topological polar surface area (TPSA) is 55.4 Å². The smallest absolute Gasteiger partial charge is 0.148 e. The van der Waals surface area contributed by atoms with Crippen molar-refractivity contribution >= 4 is 21.4 Å². The third-order valence-electron chi connectivity index (χ3n) is 2.27. The maximum absolute atomic E-state index is 10.9. The third-order valence-corrected chi connectivity index (χ3v) is 3.53. The average Bonchev–Trinajstić information content (AvgIpc) is 2.26. The van der Waals surface area contributed by atoms with E-state index in [1.54, 1.807) is 6.07 Å². The van der Waals surface area contributed by atoms with Crippen molar-refractivity contribution in [3.05, 3.63) is 28.8 Å². The Morgan fingerprint density at radius 3 is 2.72 bits per heavy atom. The summed E-state index contributed by atoms with van der Waals surface area (Å²) in [7, 11) is -2.90. The van der Waals surface area contributed by atoms with Gasteiger partial charge in [0.05, 0.1) is 10.8 Å². The van der Waals surface area contributed by atoms with Crippen LogP contribution in [-0.4, -0.2) is 40.1 Å². The van der Waals surface area contributed by atoms with Crippen molar-refractivity contribution in [1.29, 1.82) is 0 Å². The lowest BCUT2D eigenvalue weighted by molar-refractivity contribution is 0.315. The molecule has 0 spiro atoms. The second-order valence-corrected chi connectivity index (χ2v) is 6.83. The molecule has 0 saturated heterocycles. The summed E-state index contributed by atoms with van der Waals surface area (Å²) in [4.78, 5) is 0. The van der Waals surface area contributed by atoms with Gasteiger partial charge in [-0.2, -0.15) is 0 Å². The molecule has 0 aliphatic rings. The number of ether oxygens (including phenoxy) is 1. The van der Waals surface area contributed by atoms with E-state index < -0.39 is 9.84 Å². The quantitative estimate of drug-likeness (QED) is 0.776. The van der Waals surface area contributed by atoms with Crippen LogP contribution in [0.25, 0.3) is 0 Å². The van der Waals surface area contributed by atoms with Crippen LogP contribution in [0.1, 0.15) is 5.56 Å². The molecule has 0 unspecified atom stereocenters. The van der Waals surface area contributed by atoms with Crippen LogP contribution in [0.4, 0.5) is 0 Å². The highest BCUT2D eigenvalue weighted by atomic mass is 35.5. The number of hydrogen-bond donors (Lipinski definition) is 1. The Morgan fingerprint density at radius 1 is 1.33 bits per heavy atom. The number of benzene rings is 1. The SMILES string of the molecule is Cc1ccc(Cl)c(OCCNCCS(C)(=O)=O)c1. The van der Waals surface area contributed by atoms with Crippen molar-refractivity contribution in [2.24, 2.45) is 0 Å². The van der Waals surface area contributed by atoms with E-state index in [-0.39, 0.29) is 5.75 Å². The first kappa shape index (κ1) is 15.3. The van der Waals surface area contributed by atoms with Crippen LogP contribution in [0.5, 0.6) is 5.75 Å². The van der Waals surface area contributed by atoms with E-state index in [9.17, 15) is 8.42 Å². The number of halogens is 1. The molecular formula is C12H18ClNO3S. The molecule has 4 nitrogen and oxygen atoms in total. The molecule has 0 aliphatic carbocycles. The van der Waals surface area contributed by atoms with Crippen molar-refractivity contribution < 1.29 is 13.2 Å². The van der Waals surface area contributed by atoms with Gasteiger partial charge in [0.1, 0.15) is 22.2 Å². The Labute approximate surface area is 113 Å². The van der Waals surface area contributed by atoms with Gasteiger partial charge in [0, 0.05) is 19.3 Å². The maximum Gasteiger partial charge on any atom is 0.148 e. The van der Waals surface area contributed by atoms with Crippen LogP contribution in [0, 0.1) is 6.92 Å². The van der Waals surface area contributed by atoms with E-state index in [1.807, 2.05) is 19.1 Å². The second kappa shape index (κ2) is 6.97. The number of hydrogen-bond acceptors (Lipinski definition) is 4. The van der Waals surface area contributed by atoms with E-state index in [1.165, 1.54) is 6.26 Å². The molecule has 18 heavy (non-hydrogen) atoms. The molecule has 0 bridgehead atoms. The molecule has 6 heteroatoms. The van der Waals surface area contributed by atoms with Crippen molar-refractivity contribution in [3.63, 3.8) is 0 Å². The van der Waals surface area contributed by atoms with E-state index >= 15 is 0 Å². The Bertz CT molecular complexity index is 488. The van der Waals surface area contributed by atoms with Crippen molar-refractivity contribution in [2.75, 3.05) is 31.7 Å². The zero-order valence-electron chi connectivity index (χ0n) is 10.6. The fourth-order valence-electron chi connectivity index (χ4n) is 1.34. The lowest BCUT2D eigenvalue weighted by Gasteiger charge is -2.09. The van der Waals surface area contributed by atoms with Crippen LogP contribution in [0.2, 0.25) is 5.02 Å². The summed E-state index contributed by atoms with van der Waals surface area (Å²) in [5.74, 6) is 0.791. The van der Waals surface area contributed by atoms with Gasteiger partial charge in [0.2, 0.25) is 0 Å². The highest BCUT2D eigenvalue weighted by Gasteiger charge is 2.02. The Balaban J connectivity index is 2.24. The molecule has 0 aromatic heterocycles. The summed E-state index contributed by atoms with van der Waals surface area (Å²) in [6.07, 6.45) is 1.22. The highest BCUT2D eigenvalue weighted by molar-refractivity contribution is 7.90. The van der Waals surface area contributed by atoms with Crippen LogP contribution in [0.3, 0.4) is 0 Å². The molecule has 1 rings (SSSR count). The molecule has 0 aliphatic heterocycles. The first-order chi connectivity index (χ1) is 8.38. The van der Waals surface area contributed by atoms with E-state index in [0.717, 1.165) is 5.56 Å².